The molecule has 3 heteroatoms. The topological polar surface area (TPSA) is 0 Å². The first-order valence-corrected chi connectivity index (χ1v) is 14.7. The quantitative estimate of drug-likeness (QED) is 0.294. The molecule has 0 bridgehead atoms. The van der Waals surface area contributed by atoms with E-state index in [0.717, 1.165) is 0 Å². The first kappa shape index (κ1) is 17.4. The highest BCUT2D eigenvalue weighted by atomic mass is 32.1. The molecule has 136 valence electrons. The van der Waals surface area contributed by atoms with E-state index in [1.165, 1.54) is 42.0 Å². The van der Waals surface area contributed by atoms with E-state index >= 15 is 0 Å². The van der Waals surface area contributed by atoms with Crippen LogP contribution in [0.25, 0.3) is 31.3 Å². The Hall–Kier alpha value is -1.68. The molecule has 1 aliphatic rings. The van der Waals surface area contributed by atoms with Crippen LogP contribution in [0.2, 0.25) is 25.2 Å². The molecule has 0 radical (unpaired) electrons. The van der Waals surface area contributed by atoms with E-state index in [-0.39, 0.29) is 0 Å². The smallest absolute Gasteiger partial charge is 0.0562 e. The van der Waals surface area contributed by atoms with E-state index in [4.69, 9.17) is 0 Å². The summed E-state index contributed by atoms with van der Waals surface area (Å²) < 4.78 is 2.85. The highest BCUT2D eigenvalue weighted by Crippen LogP contribution is 2.52. The van der Waals surface area contributed by atoms with Crippen molar-refractivity contribution in [3.63, 3.8) is 0 Å². The van der Waals surface area contributed by atoms with Crippen LogP contribution in [0, 0.1) is 13.8 Å². The third-order valence-electron chi connectivity index (χ3n) is 5.82. The van der Waals surface area contributed by atoms with Crippen molar-refractivity contribution in [2.24, 2.45) is 0 Å². The number of rotatable bonds is 2. The highest BCUT2D eigenvalue weighted by molar-refractivity contribution is 7.19. The third kappa shape index (κ3) is 2.75. The van der Waals surface area contributed by atoms with Crippen LogP contribution in [0.4, 0.5) is 0 Å². The molecule has 0 unspecified atom stereocenters. The summed E-state index contributed by atoms with van der Waals surface area (Å²) in [6.07, 6.45) is 0. The first-order chi connectivity index (χ1) is 12.9. The van der Waals surface area contributed by atoms with Crippen molar-refractivity contribution >= 4 is 62.1 Å². The molecular weight excluding hydrogens is 380 g/mol. The molecule has 2 aromatic carbocycles. The van der Waals surface area contributed by atoms with E-state index in [1.807, 2.05) is 22.7 Å². The predicted octanol–water partition coefficient (Wildman–Crippen LogP) is 8.37. The molecule has 2 aromatic heterocycles. The predicted molar refractivity (Wildman–Crippen MR) is 127 cm³/mol. The van der Waals surface area contributed by atoms with Crippen molar-refractivity contribution in [1.29, 1.82) is 0 Å². The molecule has 0 spiro atoms. The van der Waals surface area contributed by atoms with Crippen LogP contribution in [-0.4, -0.2) is 8.07 Å². The number of thiophene rings is 2. The molecule has 0 atom stereocenters. The van der Waals surface area contributed by atoms with Gasteiger partial charge in [-0.2, -0.15) is 0 Å². The van der Waals surface area contributed by atoms with Crippen LogP contribution < -0.4 is 0 Å². The first-order valence-electron chi connectivity index (χ1n) is 9.64. The van der Waals surface area contributed by atoms with Crippen molar-refractivity contribution < 1.29 is 0 Å². The Kier molecular flexibility index (Phi) is 3.98. The standard InChI is InChI=1S/C24H24S2Si/c1-15-23(17-9-5-7-11-21(17)25-15)19-13-27(3,4)14-20(19)24-16(2)26-22-12-8-6-10-18(22)24/h5-12H,13-14H2,1-4H3. The monoisotopic (exact) mass is 404 g/mol. The van der Waals surface area contributed by atoms with Crippen LogP contribution >= 0.6 is 22.7 Å². The molecule has 0 N–H and O–H groups in total. The van der Waals surface area contributed by atoms with Gasteiger partial charge in [-0.05, 0) is 60.3 Å². The number of allylic oxidation sites excluding steroid dienone is 2. The SMILES string of the molecule is Cc1sc2ccccc2c1C1=C(c2c(C)sc3ccccc23)C[Si](C)(C)C1. The fourth-order valence-corrected chi connectivity index (χ4v) is 9.80. The Morgan fingerprint density at radius 3 is 1.52 bits per heavy atom. The summed E-state index contributed by atoms with van der Waals surface area (Å²) in [5.74, 6) is 0. The summed E-state index contributed by atoms with van der Waals surface area (Å²) in [6, 6.07) is 20.5. The van der Waals surface area contributed by atoms with Gasteiger partial charge in [0.15, 0.2) is 0 Å². The van der Waals surface area contributed by atoms with Gasteiger partial charge in [-0.15, -0.1) is 22.7 Å². The summed E-state index contributed by atoms with van der Waals surface area (Å²) in [5.41, 5.74) is 6.37. The van der Waals surface area contributed by atoms with Crippen LogP contribution in [0.15, 0.2) is 48.5 Å². The summed E-state index contributed by atoms with van der Waals surface area (Å²) >= 11 is 3.91. The molecule has 0 saturated heterocycles. The van der Waals surface area contributed by atoms with E-state index < -0.39 is 8.07 Å². The van der Waals surface area contributed by atoms with E-state index in [1.54, 1.807) is 22.3 Å². The zero-order valence-corrected chi connectivity index (χ0v) is 19.0. The number of hydrogen-bond acceptors (Lipinski definition) is 2. The van der Waals surface area contributed by atoms with Crippen molar-refractivity contribution in [2.45, 2.75) is 39.0 Å². The largest absolute Gasteiger partial charge is 0.140 e. The van der Waals surface area contributed by atoms with Gasteiger partial charge in [0, 0.05) is 29.9 Å². The fraction of sp³-hybridized carbons (Fsp3) is 0.250. The minimum Gasteiger partial charge on any atom is -0.140 e. The lowest BCUT2D eigenvalue weighted by Gasteiger charge is -2.14. The van der Waals surface area contributed by atoms with Crippen molar-refractivity contribution in [3.8, 4) is 0 Å². The lowest BCUT2D eigenvalue weighted by Crippen LogP contribution is -2.20. The molecule has 0 fully saturated rings. The third-order valence-corrected chi connectivity index (χ3v) is 10.6. The second-order valence-electron chi connectivity index (χ2n) is 8.53. The number of benzene rings is 2. The maximum absolute atomic E-state index is 2.56. The highest BCUT2D eigenvalue weighted by Gasteiger charge is 2.36. The van der Waals surface area contributed by atoms with E-state index in [9.17, 15) is 0 Å². The maximum atomic E-state index is 2.56. The van der Waals surface area contributed by atoms with Crippen LogP contribution in [0.1, 0.15) is 20.9 Å². The van der Waals surface area contributed by atoms with Crippen molar-refractivity contribution in [2.75, 3.05) is 0 Å². The Balaban J connectivity index is 1.84. The van der Waals surface area contributed by atoms with Crippen LogP contribution in [0.3, 0.4) is 0 Å². The average Bonchev–Trinajstić information content (AvgIpc) is 3.23. The van der Waals surface area contributed by atoms with Gasteiger partial charge < -0.3 is 0 Å². The Labute approximate surface area is 170 Å². The van der Waals surface area contributed by atoms with E-state index in [2.05, 4.69) is 75.5 Å². The molecular formula is C24H24S2Si. The number of hydrogen-bond donors (Lipinski definition) is 0. The molecule has 27 heavy (non-hydrogen) atoms. The average molecular weight is 405 g/mol. The zero-order valence-electron chi connectivity index (χ0n) is 16.3. The number of fused-ring (bicyclic) bond motifs is 2. The molecule has 3 heterocycles. The van der Waals surface area contributed by atoms with Crippen LogP contribution in [-0.2, 0) is 0 Å². The summed E-state index contributed by atoms with van der Waals surface area (Å²) in [5, 5.41) is 2.91. The Bertz CT molecular complexity index is 1130. The summed E-state index contributed by atoms with van der Waals surface area (Å²) in [4.78, 5) is 2.96. The van der Waals surface area contributed by atoms with Gasteiger partial charge in [0.2, 0.25) is 0 Å². The maximum Gasteiger partial charge on any atom is 0.0562 e. The second kappa shape index (κ2) is 6.16. The zero-order chi connectivity index (χ0) is 18.8. The van der Waals surface area contributed by atoms with E-state index in [0.29, 0.717) is 0 Å². The van der Waals surface area contributed by atoms with Crippen LogP contribution in [0.5, 0.6) is 0 Å². The Morgan fingerprint density at radius 2 is 1.07 bits per heavy atom. The van der Waals surface area contributed by atoms with Gasteiger partial charge in [-0.1, -0.05) is 49.5 Å². The van der Waals surface area contributed by atoms with Crippen molar-refractivity contribution in [3.05, 3.63) is 69.4 Å². The number of aryl methyl sites for hydroxylation is 2. The van der Waals surface area contributed by atoms with Gasteiger partial charge in [0.25, 0.3) is 0 Å². The normalized spacial score (nSPS) is 16.7. The minimum absolute atomic E-state index is 1.26. The molecule has 0 aliphatic carbocycles. The second-order valence-corrected chi connectivity index (χ2v) is 16.1. The minimum atomic E-state index is -1.26. The van der Waals surface area contributed by atoms with Gasteiger partial charge in [0.05, 0.1) is 8.07 Å². The fourth-order valence-electron chi connectivity index (χ4n) is 4.80. The lowest BCUT2D eigenvalue weighted by atomic mass is 9.94. The van der Waals surface area contributed by atoms with Gasteiger partial charge in [-0.3, -0.25) is 0 Å². The molecule has 0 amide bonds. The molecule has 0 nitrogen and oxygen atoms in total. The summed E-state index contributed by atoms with van der Waals surface area (Å²) in [6.45, 7) is 9.76. The Morgan fingerprint density at radius 1 is 0.667 bits per heavy atom. The summed E-state index contributed by atoms with van der Waals surface area (Å²) in [7, 11) is -1.26. The van der Waals surface area contributed by atoms with Gasteiger partial charge in [-0.25, -0.2) is 0 Å². The molecule has 0 saturated carbocycles. The molecule has 1 aliphatic heterocycles. The van der Waals surface area contributed by atoms with Crippen molar-refractivity contribution in [1.82, 2.24) is 0 Å². The molecule has 4 aromatic rings. The van der Waals surface area contributed by atoms with Gasteiger partial charge >= 0.3 is 0 Å². The van der Waals surface area contributed by atoms with Gasteiger partial charge in [0.1, 0.15) is 0 Å². The molecule has 5 rings (SSSR count). The lowest BCUT2D eigenvalue weighted by molar-refractivity contribution is 1.50.